The Labute approximate surface area is 336 Å². The SMILES string of the molecule is Cc1ncsc1-c1ccc(CNC(=O)[C@@H]2C[C@@H](O)CN2C(=O)[C@@H](NC(=O)C2(F)CC2)C(C)(C)C)c(OCCOCCOCCOCCOCCOCCC(=O)O)c1. The summed E-state index contributed by atoms with van der Waals surface area (Å²) in [6, 6.07) is 3.57. The van der Waals surface area contributed by atoms with E-state index in [0.29, 0.717) is 64.2 Å². The van der Waals surface area contributed by atoms with Crippen LogP contribution in [-0.2, 0) is 49.4 Å². The third-order valence-corrected chi connectivity index (χ3v) is 10.3. The Hall–Kier alpha value is -3.78. The number of rotatable bonds is 26. The molecular weight excluding hydrogens is 768 g/mol. The number of aliphatic hydroxyl groups excluding tert-OH is 1. The Morgan fingerprint density at radius 3 is 2.05 bits per heavy atom. The van der Waals surface area contributed by atoms with Crippen LogP contribution >= 0.6 is 11.3 Å². The van der Waals surface area contributed by atoms with E-state index < -0.39 is 53.0 Å². The molecule has 57 heavy (non-hydrogen) atoms. The van der Waals surface area contributed by atoms with Gasteiger partial charge in [0.15, 0.2) is 5.67 Å². The number of benzene rings is 1. The summed E-state index contributed by atoms with van der Waals surface area (Å²) >= 11 is 1.50. The van der Waals surface area contributed by atoms with Gasteiger partial charge in [0, 0.05) is 25.1 Å². The van der Waals surface area contributed by atoms with Gasteiger partial charge in [-0.1, -0.05) is 32.9 Å². The molecule has 1 aromatic carbocycles. The molecule has 4 rings (SSSR count). The molecule has 1 aromatic heterocycles. The highest BCUT2D eigenvalue weighted by atomic mass is 32.1. The summed E-state index contributed by atoms with van der Waals surface area (Å²) in [6.45, 7) is 10.7. The quantitative estimate of drug-likeness (QED) is 0.101. The lowest BCUT2D eigenvalue weighted by molar-refractivity contribution is -0.145. The number of hydrogen-bond donors (Lipinski definition) is 4. The van der Waals surface area contributed by atoms with Crippen molar-refractivity contribution in [2.45, 2.75) is 83.8 Å². The lowest BCUT2D eigenvalue weighted by atomic mass is 9.85. The maximum atomic E-state index is 14.5. The number of nitrogens with one attached hydrogen (secondary N) is 2. The molecule has 0 radical (unpaired) electrons. The number of nitrogens with zero attached hydrogens (tertiary/aromatic N) is 2. The van der Waals surface area contributed by atoms with Crippen molar-refractivity contribution in [2.24, 2.45) is 5.41 Å². The number of alkyl halides is 1. The molecule has 3 amide bonds. The van der Waals surface area contributed by atoms with Crippen molar-refractivity contribution in [1.29, 1.82) is 0 Å². The fourth-order valence-corrected chi connectivity index (χ4v) is 6.73. The Balaban J connectivity index is 1.22. The maximum Gasteiger partial charge on any atom is 0.305 e. The Kier molecular flexibility index (Phi) is 18.0. The number of β-amino-alcohol motifs (C(OH)–C–C–N with tert-alkyl or cyclic N) is 1. The van der Waals surface area contributed by atoms with Crippen LogP contribution in [-0.4, -0.2) is 147 Å². The molecule has 2 aliphatic rings. The number of carboxylic acid groups (broad SMARTS) is 1. The van der Waals surface area contributed by atoms with Crippen molar-refractivity contribution in [2.75, 3.05) is 79.2 Å². The topological polar surface area (TPSA) is 204 Å². The van der Waals surface area contributed by atoms with Crippen LogP contribution in [0.4, 0.5) is 4.39 Å². The van der Waals surface area contributed by atoms with Crippen molar-refractivity contribution in [3.05, 3.63) is 35.0 Å². The van der Waals surface area contributed by atoms with Gasteiger partial charge in [-0.3, -0.25) is 19.2 Å². The standard InChI is InChI=1S/C39H57FN4O12S/c1-26-33(57-25-42-26)27-5-6-28(31(21-27)56-20-19-55-18-17-54-16-15-53-14-13-52-12-11-51-10-7-32(46)47)23-41-35(48)30-22-29(45)24-44(30)36(49)34(38(2,3)4)43-37(50)39(40)8-9-39/h5-6,21,25,29-30,34,45H,7-20,22-24H2,1-4H3,(H,41,48)(H,43,50)(H,46,47)/t29-,30+,34-/m1/s1. The number of carboxylic acids is 1. The highest BCUT2D eigenvalue weighted by Gasteiger charge is 2.53. The molecular formula is C39H57FN4O12S. The van der Waals surface area contributed by atoms with Crippen LogP contribution in [0.3, 0.4) is 0 Å². The van der Waals surface area contributed by atoms with Gasteiger partial charge in [0.1, 0.15) is 24.4 Å². The van der Waals surface area contributed by atoms with Crippen molar-refractivity contribution in [1.82, 2.24) is 20.5 Å². The molecule has 2 aromatic rings. The summed E-state index contributed by atoms with van der Waals surface area (Å²) in [5.41, 5.74) is 1.46. The average molecular weight is 825 g/mol. The molecule has 0 spiro atoms. The minimum absolute atomic E-state index is 0.0154. The lowest BCUT2D eigenvalue weighted by Gasteiger charge is -2.35. The highest BCUT2D eigenvalue weighted by molar-refractivity contribution is 7.13. The van der Waals surface area contributed by atoms with Gasteiger partial charge in [-0.2, -0.15) is 0 Å². The monoisotopic (exact) mass is 824 g/mol. The van der Waals surface area contributed by atoms with E-state index in [1.165, 1.54) is 16.2 Å². The first-order chi connectivity index (χ1) is 27.2. The van der Waals surface area contributed by atoms with Gasteiger partial charge in [0.2, 0.25) is 11.8 Å². The second-order valence-corrected chi connectivity index (χ2v) is 15.8. The zero-order valence-corrected chi connectivity index (χ0v) is 34.0. The van der Waals surface area contributed by atoms with E-state index in [0.717, 1.165) is 16.1 Å². The molecule has 318 valence electrons. The number of carbonyl (C=O) groups excluding carboxylic acids is 3. The van der Waals surface area contributed by atoms with Crippen LogP contribution in [0.25, 0.3) is 10.4 Å². The van der Waals surface area contributed by atoms with Crippen LogP contribution in [0.15, 0.2) is 23.7 Å². The molecule has 2 heterocycles. The third kappa shape index (κ3) is 14.8. The number of likely N-dealkylation sites (tertiary alicyclic amines) is 1. The number of aryl methyl sites for hydroxylation is 1. The van der Waals surface area contributed by atoms with E-state index in [1.54, 1.807) is 26.3 Å². The van der Waals surface area contributed by atoms with E-state index in [9.17, 15) is 28.7 Å². The Bertz CT molecular complexity index is 1620. The zero-order valence-electron chi connectivity index (χ0n) is 33.2. The summed E-state index contributed by atoms with van der Waals surface area (Å²) in [5, 5.41) is 24.6. The molecule has 1 saturated heterocycles. The van der Waals surface area contributed by atoms with E-state index in [4.69, 9.17) is 33.5 Å². The van der Waals surface area contributed by atoms with E-state index in [-0.39, 0.29) is 58.6 Å². The largest absolute Gasteiger partial charge is 0.491 e. The lowest BCUT2D eigenvalue weighted by Crippen LogP contribution is -2.59. The van der Waals surface area contributed by atoms with Crippen molar-refractivity contribution in [3.8, 4) is 16.2 Å². The Morgan fingerprint density at radius 2 is 1.53 bits per heavy atom. The first kappa shape index (κ1) is 45.9. The summed E-state index contributed by atoms with van der Waals surface area (Å²) in [4.78, 5) is 57.1. The molecule has 1 aliphatic carbocycles. The molecule has 1 saturated carbocycles. The van der Waals surface area contributed by atoms with Gasteiger partial charge < -0.3 is 54.2 Å². The second-order valence-electron chi connectivity index (χ2n) is 15.0. The molecule has 2 fully saturated rings. The smallest absolute Gasteiger partial charge is 0.305 e. The van der Waals surface area contributed by atoms with Crippen LogP contribution in [0.2, 0.25) is 0 Å². The molecule has 4 N–H and O–H groups in total. The van der Waals surface area contributed by atoms with Gasteiger partial charge in [0.25, 0.3) is 5.91 Å². The number of aliphatic hydroxyl groups is 1. The van der Waals surface area contributed by atoms with Gasteiger partial charge in [-0.05, 0) is 36.8 Å². The van der Waals surface area contributed by atoms with Crippen molar-refractivity contribution in [3.63, 3.8) is 0 Å². The normalized spacial score (nSPS) is 18.0. The van der Waals surface area contributed by atoms with Gasteiger partial charge in [0.05, 0.1) is 94.7 Å². The van der Waals surface area contributed by atoms with Crippen molar-refractivity contribution < 1.29 is 62.2 Å². The van der Waals surface area contributed by atoms with E-state index >= 15 is 0 Å². The minimum atomic E-state index is -1.97. The summed E-state index contributed by atoms with van der Waals surface area (Å²) in [7, 11) is 0. The van der Waals surface area contributed by atoms with Crippen molar-refractivity contribution >= 4 is 35.0 Å². The number of hydrogen-bond acceptors (Lipinski definition) is 13. The number of thiazole rings is 1. The predicted molar refractivity (Wildman–Crippen MR) is 207 cm³/mol. The zero-order chi connectivity index (χ0) is 41.4. The fraction of sp³-hybridized carbons (Fsp3) is 0.667. The van der Waals surface area contributed by atoms with Gasteiger partial charge in [-0.25, -0.2) is 9.37 Å². The van der Waals surface area contributed by atoms with Crippen LogP contribution in [0, 0.1) is 12.3 Å². The summed E-state index contributed by atoms with van der Waals surface area (Å²) in [5.74, 6) is -2.24. The molecule has 0 bridgehead atoms. The number of halogens is 1. The number of carbonyl (C=O) groups is 4. The maximum absolute atomic E-state index is 14.5. The summed E-state index contributed by atoms with van der Waals surface area (Å²) in [6.07, 6.45) is -0.761. The van der Waals surface area contributed by atoms with Gasteiger partial charge >= 0.3 is 5.97 Å². The molecule has 3 atom stereocenters. The minimum Gasteiger partial charge on any atom is -0.491 e. The molecule has 1 aliphatic heterocycles. The molecule has 0 unspecified atom stereocenters. The number of amides is 3. The highest BCUT2D eigenvalue weighted by Crippen LogP contribution is 2.40. The van der Waals surface area contributed by atoms with Crippen LogP contribution in [0.5, 0.6) is 5.75 Å². The first-order valence-electron chi connectivity index (χ1n) is 19.2. The first-order valence-corrected chi connectivity index (χ1v) is 20.1. The molecule has 18 heteroatoms. The molecule has 16 nitrogen and oxygen atoms in total. The Morgan fingerprint density at radius 1 is 0.947 bits per heavy atom. The second kappa shape index (κ2) is 22.4. The number of aliphatic carboxylic acids is 1. The average Bonchev–Trinajstić information content (AvgIpc) is 3.57. The van der Waals surface area contributed by atoms with Gasteiger partial charge in [-0.15, -0.1) is 11.3 Å². The van der Waals surface area contributed by atoms with Crippen LogP contribution < -0.4 is 15.4 Å². The number of ether oxygens (including phenoxy) is 6. The van der Waals surface area contributed by atoms with E-state index in [2.05, 4.69) is 15.6 Å². The fourth-order valence-electron chi connectivity index (χ4n) is 5.92. The number of aromatic nitrogens is 1. The van der Waals surface area contributed by atoms with E-state index in [1.807, 2.05) is 25.1 Å². The van der Waals surface area contributed by atoms with Crippen LogP contribution in [0.1, 0.15) is 57.7 Å². The third-order valence-electron chi connectivity index (χ3n) is 9.31. The predicted octanol–water partition coefficient (Wildman–Crippen LogP) is 2.67. The summed E-state index contributed by atoms with van der Waals surface area (Å²) < 4.78 is 47.9.